The molecular formula is C14H16ClNO. The average molecular weight is 250 g/mol. The van der Waals surface area contributed by atoms with Crippen LogP contribution in [0.3, 0.4) is 0 Å². The molecule has 0 bridgehead atoms. The van der Waals surface area contributed by atoms with E-state index in [9.17, 15) is 0 Å². The summed E-state index contributed by atoms with van der Waals surface area (Å²) < 4.78 is 5.28. The Balaban J connectivity index is 1.80. The molecule has 0 saturated heterocycles. The van der Waals surface area contributed by atoms with Gasteiger partial charge < -0.3 is 4.42 Å². The highest BCUT2D eigenvalue weighted by Crippen LogP contribution is 2.14. The van der Waals surface area contributed by atoms with Crippen molar-refractivity contribution in [2.75, 3.05) is 0 Å². The van der Waals surface area contributed by atoms with Crippen LogP contribution in [-0.4, -0.2) is 10.4 Å². The highest BCUT2D eigenvalue weighted by Gasteiger charge is 2.08. The molecule has 0 aromatic carbocycles. The van der Waals surface area contributed by atoms with Gasteiger partial charge in [-0.25, -0.2) is 0 Å². The van der Waals surface area contributed by atoms with E-state index in [2.05, 4.69) is 11.1 Å². The van der Waals surface area contributed by atoms with Crippen molar-refractivity contribution < 1.29 is 4.42 Å². The van der Waals surface area contributed by atoms with E-state index in [0.29, 0.717) is 0 Å². The van der Waals surface area contributed by atoms with E-state index < -0.39 is 0 Å². The van der Waals surface area contributed by atoms with Gasteiger partial charge >= 0.3 is 0 Å². The lowest BCUT2D eigenvalue weighted by Gasteiger charge is -2.07. The second kappa shape index (κ2) is 5.87. The summed E-state index contributed by atoms with van der Waals surface area (Å²) in [5, 5.41) is 0.107. The number of furan rings is 1. The molecule has 90 valence electrons. The SMILES string of the molecule is Cc1ccc(CC(Cl)CCc2ccco2)nc1. The highest BCUT2D eigenvalue weighted by molar-refractivity contribution is 6.20. The van der Waals surface area contributed by atoms with Gasteiger partial charge in [-0.1, -0.05) is 6.07 Å². The fraction of sp³-hybridized carbons (Fsp3) is 0.357. The van der Waals surface area contributed by atoms with Crippen molar-refractivity contribution in [2.24, 2.45) is 0 Å². The summed E-state index contributed by atoms with van der Waals surface area (Å²) in [5.41, 5.74) is 2.23. The lowest BCUT2D eigenvalue weighted by atomic mass is 10.1. The van der Waals surface area contributed by atoms with E-state index in [1.54, 1.807) is 6.26 Å². The number of alkyl halides is 1. The first-order valence-corrected chi connectivity index (χ1v) is 6.25. The molecule has 0 radical (unpaired) electrons. The van der Waals surface area contributed by atoms with Gasteiger partial charge in [0.1, 0.15) is 5.76 Å². The Hall–Kier alpha value is -1.28. The summed E-state index contributed by atoms with van der Waals surface area (Å²) >= 11 is 6.29. The van der Waals surface area contributed by atoms with Gasteiger partial charge in [-0.15, -0.1) is 11.6 Å². The fourth-order valence-electron chi connectivity index (χ4n) is 1.70. The molecule has 2 aromatic rings. The van der Waals surface area contributed by atoms with Crippen LogP contribution in [0.25, 0.3) is 0 Å². The largest absolute Gasteiger partial charge is 0.469 e. The van der Waals surface area contributed by atoms with Gasteiger partial charge in [0.05, 0.1) is 6.26 Å². The Kier molecular flexibility index (Phi) is 4.21. The Labute approximate surface area is 107 Å². The quantitative estimate of drug-likeness (QED) is 0.754. The van der Waals surface area contributed by atoms with E-state index in [0.717, 1.165) is 30.7 Å². The maximum atomic E-state index is 6.29. The van der Waals surface area contributed by atoms with Crippen LogP contribution in [0, 0.1) is 6.92 Å². The van der Waals surface area contributed by atoms with Crippen LogP contribution in [0.1, 0.15) is 23.4 Å². The standard InChI is InChI=1S/C14H16ClNO/c1-11-4-6-13(16-10-11)9-12(15)5-7-14-3-2-8-17-14/h2-4,6,8,10,12H,5,7,9H2,1H3. The summed E-state index contributed by atoms with van der Waals surface area (Å²) in [5.74, 6) is 0.993. The molecule has 2 rings (SSSR count). The molecule has 2 heterocycles. The number of aryl methyl sites for hydroxylation is 2. The molecule has 0 spiro atoms. The van der Waals surface area contributed by atoms with Gasteiger partial charge in [0.2, 0.25) is 0 Å². The van der Waals surface area contributed by atoms with Crippen molar-refractivity contribution in [1.29, 1.82) is 0 Å². The van der Waals surface area contributed by atoms with E-state index in [1.807, 2.05) is 31.3 Å². The van der Waals surface area contributed by atoms with Crippen LogP contribution < -0.4 is 0 Å². The molecule has 17 heavy (non-hydrogen) atoms. The number of halogens is 1. The number of aromatic nitrogens is 1. The first-order chi connectivity index (χ1) is 8.24. The van der Waals surface area contributed by atoms with Crippen molar-refractivity contribution in [2.45, 2.75) is 31.6 Å². The maximum absolute atomic E-state index is 6.29. The lowest BCUT2D eigenvalue weighted by molar-refractivity contribution is 0.498. The Morgan fingerprint density at radius 3 is 2.88 bits per heavy atom. The minimum absolute atomic E-state index is 0.107. The summed E-state index contributed by atoms with van der Waals surface area (Å²) in [6.07, 6.45) is 6.17. The van der Waals surface area contributed by atoms with Crippen molar-refractivity contribution in [3.05, 3.63) is 53.7 Å². The first-order valence-electron chi connectivity index (χ1n) is 5.82. The van der Waals surface area contributed by atoms with Crippen LogP contribution in [0.2, 0.25) is 0 Å². The number of nitrogens with zero attached hydrogens (tertiary/aromatic N) is 1. The number of hydrogen-bond acceptors (Lipinski definition) is 2. The van der Waals surface area contributed by atoms with Crippen molar-refractivity contribution in [1.82, 2.24) is 4.98 Å². The van der Waals surface area contributed by atoms with Crippen LogP contribution in [0.5, 0.6) is 0 Å². The smallest absolute Gasteiger partial charge is 0.103 e. The van der Waals surface area contributed by atoms with Gasteiger partial charge in [0, 0.05) is 30.1 Å². The van der Waals surface area contributed by atoms with Gasteiger partial charge in [0.25, 0.3) is 0 Å². The fourth-order valence-corrected chi connectivity index (χ4v) is 1.97. The molecule has 3 heteroatoms. The third-order valence-corrected chi connectivity index (χ3v) is 3.06. The van der Waals surface area contributed by atoms with Crippen molar-refractivity contribution >= 4 is 11.6 Å². The number of pyridine rings is 1. The van der Waals surface area contributed by atoms with Crippen LogP contribution in [0.15, 0.2) is 41.1 Å². The molecule has 2 aromatic heterocycles. The minimum atomic E-state index is 0.107. The van der Waals surface area contributed by atoms with Crippen molar-refractivity contribution in [3.63, 3.8) is 0 Å². The van der Waals surface area contributed by atoms with Gasteiger partial charge in [-0.3, -0.25) is 4.98 Å². The van der Waals surface area contributed by atoms with Gasteiger partial charge in [0.15, 0.2) is 0 Å². The first kappa shape index (κ1) is 12.2. The van der Waals surface area contributed by atoms with E-state index in [4.69, 9.17) is 16.0 Å². The molecule has 0 aliphatic heterocycles. The Morgan fingerprint density at radius 1 is 1.35 bits per heavy atom. The Bertz CT molecular complexity index is 436. The minimum Gasteiger partial charge on any atom is -0.469 e. The third kappa shape index (κ3) is 3.90. The third-order valence-electron chi connectivity index (χ3n) is 2.69. The molecule has 0 saturated carbocycles. The van der Waals surface area contributed by atoms with Crippen LogP contribution >= 0.6 is 11.6 Å². The summed E-state index contributed by atoms with van der Waals surface area (Å²) in [4.78, 5) is 4.36. The number of rotatable bonds is 5. The second-order valence-electron chi connectivity index (χ2n) is 4.25. The summed E-state index contributed by atoms with van der Waals surface area (Å²) in [7, 11) is 0. The number of hydrogen-bond donors (Lipinski definition) is 0. The molecule has 1 unspecified atom stereocenters. The maximum Gasteiger partial charge on any atom is 0.103 e. The predicted molar refractivity (Wildman–Crippen MR) is 69.3 cm³/mol. The predicted octanol–water partition coefficient (Wildman–Crippen LogP) is 3.77. The second-order valence-corrected chi connectivity index (χ2v) is 4.86. The van der Waals surface area contributed by atoms with Gasteiger partial charge in [-0.05, 0) is 37.1 Å². The zero-order valence-corrected chi connectivity index (χ0v) is 10.7. The summed E-state index contributed by atoms with van der Waals surface area (Å²) in [6, 6.07) is 7.99. The zero-order chi connectivity index (χ0) is 12.1. The normalized spacial score (nSPS) is 12.6. The average Bonchev–Trinajstić information content (AvgIpc) is 2.83. The molecular weight excluding hydrogens is 234 g/mol. The lowest BCUT2D eigenvalue weighted by Crippen LogP contribution is -2.06. The topological polar surface area (TPSA) is 26.0 Å². The molecule has 0 amide bonds. The monoisotopic (exact) mass is 249 g/mol. The summed E-state index contributed by atoms with van der Waals surface area (Å²) in [6.45, 7) is 2.03. The van der Waals surface area contributed by atoms with E-state index in [-0.39, 0.29) is 5.38 Å². The molecule has 0 N–H and O–H groups in total. The van der Waals surface area contributed by atoms with E-state index >= 15 is 0 Å². The zero-order valence-electron chi connectivity index (χ0n) is 9.90. The van der Waals surface area contributed by atoms with Crippen LogP contribution in [0.4, 0.5) is 0 Å². The molecule has 2 nitrogen and oxygen atoms in total. The van der Waals surface area contributed by atoms with E-state index in [1.165, 1.54) is 5.56 Å². The molecule has 0 aliphatic carbocycles. The molecule has 1 atom stereocenters. The Morgan fingerprint density at radius 2 is 2.24 bits per heavy atom. The highest BCUT2D eigenvalue weighted by atomic mass is 35.5. The van der Waals surface area contributed by atoms with Crippen molar-refractivity contribution in [3.8, 4) is 0 Å². The molecule has 0 fully saturated rings. The van der Waals surface area contributed by atoms with Gasteiger partial charge in [-0.2, -0.15) is 0 Å². The molecule has 0 aliphatic rings. The van der Waals surface area contributed by atoms with Crippen LogP contribution in [-0.2, 0) is 12.8 Å².